The summed E-state index contributed by atoms with van der Waals surface area (Å²) in [5.74, 6) is -0.767. The number of aliphatic carboxylic acids is 1. The summed E-state index contributed by atoms with van der Waals surface area (Å²) in [5, 5.41) is 14.0. The molecule has 0 heterocycles. The third-order valence-corrected chi connectivity index (χ3v) is 2.07. The van der Waals surface area contributed by atoms with Gasteiger partial charge in [0.15, 0.2) is 6.61 Å². The Labute approximate surface area is 111 Å². The highest BCUT2D eigenvalue weighted by Gasteiger charge is 2.02. The maximum atomic E-state index is 11.5. The van der Waals surface area contributed by atoms with E-state index in [9.17, 15) is 9.59 Å². The van der Waals surface area contributed by atoms with Crippen LogP contribution in [0, 0.1) is 0 Å². The van der Waals surface area contributed by atoms with Crippen molar-refractivity contribution in [2.24, 2.45) is 0 Å². The summed E-state index contributed by atoms with van der Waals surface area (Å²) < 4.78 is 4.97. The number of hydrogen-bond acceptors (Lipinski definition) is 4. The normalized spacial score (nSPS) is 9.68. The lowest BCUT2D eigenvalue weighted by Crippen LogP contribution is -2.28. The lowest BCUT2D eigenvalue weighted by atomic mass is 10.3. The number of carboxylic acids is 1. The van der Waals surface area contributed by atoms with Crippen molar-refractivity contribution in [2.45, 2.75) is 0 Å². The molecule has 1 aromatic carbocycles. The molecule has 102 valence electrons. The van der Waals surface area contributed by atoms with Crippen LogP contribution < -0.4 is 15.4 Å². The number of ether oxygens (including phenoxy) is 1. The molecular weight excluding hydrogens is 248 g/mol. The van der Waals surface area contributed by atoms with Gasteiger partial charge in [-0.3, -0.25) is 4.79 Å². The zero-order valence-electron chi connectivity index (χ0n) is 10.4. The van der Waals surface area contributed by atoms with Crippen LogP contribution in [0.25, 0.3) is 0 Å². The number of carbonyl (C=O) groups is 2. The average Bonchev–Trinajstić information content (AvgIpc) is 2.38. The van der Waals surface area contributed by atoms with E-state index in [1.807, 2.05) is 0 Å². The number of benzene rings is 1. The van der Waals surface area contributed by atoms with Gasteiger partial charge in [-0.2, -0.15) is 0 Å². The molecule has 0 spiro atoms. The molecule has 1 aromatic rings. The second-order valence-electron chi connectivity index (χ2n) is 3.67. The molecule has 0 aromatic heterocycles. The first kappa shape index (κ1) is 14.7. The van der Waals surface area contributed by atoms with Crippen molar-refractivity contribution < 1.29 is 19.4 Å². The fourth-order valence-corrected chi connectivity index (χ4v) is 1.27. The molecule has 1 rings (SSSR count). The summed E-state index contributed by atoms with van der Waals surface area (Å²) in [5.41, 5.74) is 0.619. The Bertz CT molecular complexity index is 442. The fraction of sp³-hybridized carbons (Fsp3) is 0.231. The van der Waals surface area contributed by atoms with Crippen molar-refractivity contribution in [2.75, 3.05) is 25.0 Å². The highest BCUT2D eigenvalue weighted by Crippen LogP contribution is 2.15. The molecule has 19 heavy (non-hydrogen) atoms. The minimum absolute atomic E-state index is 0.166. The second kappa shape index (κ2) is 7.88. The molecule has 0 bridgehead atoms. The smallest absolute Gasteiger partial charge is 0.341 e. The molecule has 0 saturated heterocycles. The standard InChI is InChI=1S/C13H16N2O4/c1-2-7-14-8-12(16)15-10-3-5-11(6-4-10)19-9-13(17)18/h2-6,14H,1,7-9H2,(H,15,16)(H,17,18). The molecule has 0 aliphatic carbocycles. The number of nitrogens with one attached hydrogen (secondary N) is 2. The summed E-state index contributed by atoms with van der Waals surface area (Å²) in [4.78, 5) is 21.8. The van der Waals surface area contributed by atoms with Crippen LogP contribution in [0.2, 0.25) is 0 Å². The fourth-order valence-electron chi connectivity index (χ4n) is 1.27. The van der Waals surface area contributed by atoms with Gasteiger partial charge in [0.25, 0.3) is 0 Å². The van der Waals surface area contributed by atoms with Gasteiger partial charge in [-0.1, -0.05) is 6.08 Å². The molecule has 0 radical (unpaired) electrons. The molecule has 0 saturated carbocycles. The summed E-state index contributed by atoms with van der Waals surface area (Å²) in [7, 11) is 0. The first-order chi connectivity index (χ1) is 9.11. The highest BCUT2D eigenvalue weighted by atomic mass is 16.5. The van der Waals surface area contributed by atoms with Gasteiger partial charge in [0.1, 0.15) is 5.75 Å². The van der Waals surface area contributed by atoms with Crippen LogP contribution in [0.5, 0.6) is 5.75 Å². The minimum Gasteiger partial charge on any atom is -0.482 e. The van der Waals surface area contributed by atoms with Crippen molar-refractivity contribution >= 4 is 17.6 Å². The van der Waals surface area contributed by atoms with Crippen molar-refractivity contribution in [1.82, 2.24) is 5.32 Å². The van der Waals surface area contributed by atoms with Gasteiger partial charge in [0, 0.05) is 12.2 Å². The van der Waals surface area contributed by atoms with Gasteiger partial charge in [0.2, 0.25) is 5.91 Å². The van der Waals surface area contributed by atoms with Crippen molar-refractivity contribution in [3.05, 3.63) is 36.9 Å². The number of rotatable bonds is 8. The third kappa shape index (κ3) is 6.23. The quantitative estimate of drug-likeness (QED) is 0.479. The van der Waals surface area contributed by atoms with Crippen molar-refractivity contribution in [3.63, 3.8) is 0 Å². The predicted molar refractivity (Wildman–Crippen MR) is 71.3 cm³/mol. The second-order valence-corrected chi connectivity index (χ2v) is 3.67. The van der Waals surface area contributed by atoms with Gasteiger partial charge in [-0.05, 0) is 24.3 Å². The van der Waals surface area contributed by atoms with E-state index in [1.54, 1.807) is 30.3 Å². The van der Waals surface area contributed by atoms with Crippen molar-refractivity contribution in [3.8, 4) is 5.75 Å². The molecular formula is C13H16N2O4. The number of carbonyl (C=O) groups excluding carboxylic acids is 1. The molecule has 0 atom stereocenters. The zero-order valence-corrected chi connectivity index (χ0v) is 10.4. The monoisotopic (exact) mass is 264 g/mol. The molecule has 6 nitrogen and oxygen atoms in total. The Balaban J connectivity index is 2.40. The highest BCUT2D eigenvalue weighted by molar-refractivity contribution is 5.92. The van der Waals surface area contributed by atoms with Gasteiger partial charge >= 0.3 is 5.97 Å². The van der Waals surface area contributed by atoms with E-state index < -0.39 is 12.6 Å². The van der Waals surface area contributed by atoms with Gasteiger partial charge in [-0.25, -0.2) is 4.79 Å². The van der Waals surface area contributed by atoms with Crippen LogP contribution in [0.15, 0.2) is 36.9 Å². The van der Waals surface area contributed by atoms with Crippen LogP contribution in [0.1, 0.15) is 0 Å². The van der Waals surface area contributed by atoms with Gasteiger partial charge in [0.05, 0.1) is 6.54 Å². The minimum atomic E-state index is -1.04. The predicted octanol–water partition coefficient (Wildman–Crippen LogP) is 0.864. The molecule has 1 amide bonds. The molecule has 6 heteroatoms. The Morgan fingerprint density at radius 2 is 2.00 bits per heavy atom. The molecule has 0 fully saturated rings. The lowest BCUT2D eigenvalue weighted by Gasteiger charge is -2.07. The largest absolute Gasteiger partial charge is 0.482 e. The van der Waals surface area contributed by atoms with Gasteiger partial charge in [-0.15, -0.1) is 6.58 Å². The van der Waals surface area contributed by atoms with E-state index >= 15 is 0 Å². The molecule has 0 aliphatic heterocycles. The first-order valence-corrected chi connectivity index (χ1v) is 5.68. The number of hydrogen-bond donors (Lipinski definition) is 3. The third-order valence-electron chi connectivity index (χ3n) is 2.07. The Morgan fingerprint density at radius 1 is 1.32 bits per heavy atom. The number of carboxylic acid groups (broad SMARTS) is 1. The maximum absolute atomic E-state index is 11.5. The summed E-state index contributed by atoms with van der Waals surface area (Å²) in [6.45, 7) is 3.90. The molecule has 3 N–H and O–H groups in total. The van der Waals surface area contributed by atoms with E-state index in [1.165, 1.54) is 0 Å². The van der Waals surface area contributed by atoms with Crippen molar-refractivity contribution in [1.29, 1.82) is 0 Å². The zero-order chi connectivity index (χ0) is 14.1. The van der Waals surface area contributed by atoms with E-state index in [0.717, 1.165) is 0 Å². The summed E-state index contributed by atoms with van der Waals surface area (Å²) in [6, 6.07) is 6.47. The van der Waals surface area contributed by atoms with E-state index in [2.05, 4.69) is 17.2 Å². The van der Waals surface area contributed by atoms with Crippen LogP contribution in [-0.2, 0) is 9.59 Å². The Kier molecular flexibility index (Phi) is 6.11. The average molecular weight is 264 g/mol. The van der Waals surface area contributed by atoms with E-state index in [4.69, 9.17) is 9.84 Å². The lowest BCUT2D eigenvalue weighted by molar-refractivity contribution is -0.139. The Hall–Kier alpha value is -2.34. The van der Waals surface area contributed by atoms with E-state index in [0.29, 0.717) is 18.0 Å². The van der Waals surface area contributed by atoms with Gasteiger partial charge < -0.3 is 20.5 Å². The SMILES string of the molecule is C=CCNCC(=O)Nc1ccc(OCC(=O)O)cc1. The Morgan fingerprint density at radius 3 is 2.58 bits per heavy atom. The maximum Gasteiger partial charge on any atom is 0.341 e. The van der Waals surface area contributed by atoms with Crippen LogP contribution in [0.3, 0.4) is 0 Å². The van der Waals surface area contributed by atoms with Crippen LogP contribution in [0.4, 0.5) is 5.69 Å². The number of amides is 1. The topological polar surface area (TPSA) is 87.7 Å². The molecule has 0 unspecified atom stereocenters. The van der Waals surface area contributed by atoms with Crippen LogP contribution in [-0.4, -0.2) is 36.7 Å². The molecule has 0 aliphatic rings. The first-order valence-electron chi connectivity index (χ1n) is 5.68. The number of anilines is 1. The van der Waals surface area contributed by atoms with Crippen LogP contribution >= 0.6 is 0 Å². The summed E-state index contributed by atoms with van der Waals surface area (Å²) in [6.07, 6.45) is 1.67. The van der Waals surface area contributed by atoms with E-state index in [-0.39, 0.29) is 12.5 Å². The summed E-state index contributed by atoms with van der Waals surface area (Å²) >= 11 is 0.